The van der Waals surface area contributed by atoms with E-state index in [2.05, 4.69) is 26.6 Å². The minimum Gasteiger partial charge on any atom is -0.481 e. The second-order valence-electron chi connectivity index (χ2n) is 8.17. The Morgan fingerprint density at radius 1 is 1.26 bits per heavy atom. The molecule has 2 aromatic heterocycles. The molecule has 1 aliphatic rings. The largest absolute Gasteiger partial charge is 0.481 e. The highest BCUT2D eigenvalue weighted by molar-refractivity contribution is 6.33. The van der Waals surface area contributed by atoms with Gasteiger partial charge in [0.05, 0.1) is 30.1 Å². The van der Waals surface area contributed by atoms with Crippen LogP contribution in [0.4, 0.5) is 0 Å². The average Bonchev–Trinajstić information content (AvgIpc) is 3.37. The SMILES string of the molecule is COc1cc(-c2cc(C(=O)N3CCC(C#N)(C(=O)NCc4cccc(Cl)c4)CC3)n[nH]2)c(Cl)cn1. The Kier molecular flexibility index (Phi) is 7.24. The predicted octanol–water partition coefficient (Wildman–Crippen LogP) is 3.85. The Balaban J connectivity index is 1.40. The Morgan fingerprint density at radius 3 is 2.71 bits per heavy atom. The lowest BCUT2D eigenvalue weighted by Crippen LogP contribution is -2.49. The summed E-state index contributed by atoms with van der Waals surface area (Å²) >= 11 is 12.2. The van der Waals surface area contributed by atoms with Crippen molar-refractivity contribution in [3.05, 3.63) is 63.9 Å². The van der Waals surface area contributed by atoms with E-state index in [1.54, 1.807) is 35.2 Å². The van der Waals surface area contributed by atoms with Crippen LogP contribution in [-0.4, -0.2) is 52.1 Å². The smallest absolute Gasteiger partial charge is 0.274 e. The number of amides is 2. The third kappa shape index (κ3) is 5.24. The number of rotatable bonds is 6. The van der Waals surface area contributed by atoms with Crippen molar-refractivity contribution in [3.8, 4) is 23.2 Å². The molecule has 0 saturated carbocycles. The number of methoxy groups -OCH3 is 1. The van der Waals surface area contributed by atoms with Crippen LogP contribution in [0.5, 0.6) is 5.88 Å². The van der Waals surface area contributed by atoms with Crippen molar-refractivity contribution in [3.63, 3.8) is 0 Å². The molecule has 1 fully saturated rings. The Hall–Kier alpha value is -3.61. The standard InChI is InChI=1S/C24H22Cl2N6O3/c1-35-21-10-17(18(26)13-28-21)19-11-20(31-30-19)22(33)32-7-5-24(14-27,6-8-32)23(34)29-12-15-3-2-4-16(25)9-15/h2-4,9-11,13H,5-8,12H2,1H3,(H,29,34)(H,30,31). The van der Waals surface area contributed by atoms with Crippen LogP contribution < -0.4 is 10.1 Å². The first kappa shape index (κ1) is 24.5. The van der Waals surface area contributed by atoms with Crippen molar-refractivity contribution in [2.75, 3.05) is 20.2 Å². The van der Waals surface area contributed by atoms with Crippen LogP contribution in [0.3, 0.4) is 0 Å². The van der Waals surface area contributed by atoms with E-state index in [1.165, 1.54) is 13.3 Å². The topological polar surface area (TPSA) is 124 Å². The number of nitrogens with zero attached hydrogens (tertiary/aromatic N) is 4. The summed E-state index contributed by atoms with van der Waals surface area (Å²) in [5.74, 6) is -0.268. The molecule has 4 rings (SSSR count). The van der Waals surface area contributed by atoms with Gasteiger partial charge >= 0.3 is 0 Å². The fraction of sp³-hybridized carbons (Fsp3) is 0.292. The first-order valence-corrected chi connectivity index (χ1v) is 11.6. The van der Waals surface area contributed by atoms with E-state index < -0.39 is 5.41 Å². The van der Waals surface area contributed by atoms with Crippen LogP contribution in [0, 0.1) is 16.7 Å². The molecule has 180 valence electrons. The van der Waals surface area contributed by atoms with Crippen LogP contribution in [-0.2, 0) is 11.3 Å². The summed E-state index contributed by atoms with van der Waals surface area (Å²) in [5.41, 5.74) is 0.994. The Labute approximate surface area is 212 Å². The maximum atomic E-state index is 13.0. The highest BCUT2D eigenvalue weighted by atomic mass is 35.5. The molecule has 0 unspecified atom stereocenters. The molecule has 2 amide bonds. The average molecular weight is 513 g/mol. The lowest BCUT2D eigenvalue weighted by atomic mass is 9.78. The zero-order chi connectivity index (χ0) is 25.0. The van der Waals surface area contributed by atoms with Gasteiger partial charge in [-0.25, -0.2) is 4.98 Å². The summed E-state index contributed by atoms with van der Waals surface area (Å²) in [6, 6.07) is 12.6. The van der Waals surface area contributed by atoms with E-state index in [0.717, 1.165) is 5.56 Å². The van der Waals surface area contributed by atoms with Gasteiger partial charge in [0.25, 0.3) is 5.91 Å². The number of nitrogens with one attached hydrogen (secondary N) is 2. The highest BCUT2D eigenvalue weighted by Gasteiger charge is 2.43. The van der Waals surface area contributed by atoms with Crippen LogP contribution in [0.25, 0.3) is 11.3 Å². The molecule has 1 aliphatic heterocycles. The fourth-order valence-electron chi connectivity index (χ4n) is 3.95. The van der Waals surface area contributed by atoms with Gasteiger partial charge in [-0.2, -0.15) is 10.4 Å². The van der Waals surface area contributed by atoms with Crippen molar-refractivity contribution in [2.45, 2.75) is 19.4 Å². The first-order chi connectivity index (χ1) is 16.8. The molecular weight excluding hydrogens is 491 g/mol. The number of hydrogen-bond donors (Lipinski definition) is 2. The monoisotopic (exact) mass is 512 g/mol. The summed E-state index contributed by atoms with van der Waals surface area (Å²) in [6.45, 7) is 0.774. The molecule has 3 heterocycles. The number of nitriles is 1. The molecule has 0 aliphatic carbocycles. The molecule has 2 N–H and O–H groups in total. The number of carbonyl (C=O) groups is 2. The lowest BCUT2D eigenvalue weighted by molar-refractivity contribution is -0.130. The fourth-order valence-corrected chi connectivity index (χ4v) is 4.37. The van der Waals surface area contributed by atoms with E-state index >= 15 is 0 Å². The van der Waals surface area contributed by atoms with Gasteiger partial charge in [-0.15, -0.1) is 0 Å². The number of hydrogen-bond acceptors (Lipinski definition) is 6. The van der Waals surface area contributed by atoms with Crippen LogP contribution >= 0.6 is 23.2 Å². The van der Waals surface area contributed by atoms with Crippen molar-refractivity contribution in [2.24, 2.45) is 5.41 Å². The van der Waals surface area contributed by atoms with Crippen molar-refractivity contribution >= 4 is 35.0 Å². The maximum absolute atomic E-state index is 13.0. The van der Waals surface area contributed by atoms with E-state index in [0.29, 0.717) is 27.2 Å². The molecule has 0 bridgehead atoms. The van der Waals surface area contributed by atoms with Crippen molar-refractivity contribution < 1.29 is 14.3 Å². The molecule has 35 heavy (non-hydrogen) atoms. The number of aromatic amines is 1. The molecule has 3 aromatic rings. The first-order valence-electron chi connectivity index (χ1n) is 10.8. The number of H-pyrrole nitrogens is 1. The van der Waals surface area contributed by atoms with Crippen molar-refractivity contribution in [1.82, 2.24) is 25.4 Å². The number of ether oxygens (including phenoxy) is 1. The van der Waals surface area contributed by atoms with Gasteiger partial charge < -0.3 is 15.0 Å². The molecule has 0 atom stereocenters. The number of halogens is 2. The number of pyridine rings is 1. The summed E-state index contributed by atoms with van der Waals surface area (Å²) in [5, 5.41) is 20.6. The van der Waals surface area contributed by atoms with Gasteiger partial charge in [-0.1, -0.05) is 35.3 Å². The minimum absolute atomic E-state index is 0.210. The summed E-state index contributed by atoms with van der Waals surface area (Å²) in [6.07, 6.45) is 1.91. The number of likely N-dealkylation sites (tertiary alicyclic amines) is 1. The van der Waals surface area contributed by atoms with Crippen molar-refractivity contribution in [1.29, 1.82) is 5.26 Å². The summed E-state index contributed by atoms with van der Waals surface area (Å²) < 4.78 is 5.13. The van der Waals surface area contributed by atoms with E-state index in [1.807, 2.05) is 6.07 Å². The number of aromatic nitrogens is 3. The van der Waals surface area contributed by atoms with Gasteiger partial charge in [0.2, 0.25) is 11.8 Å². The second-order valence-corrected chi connectivity index (χ2v) is 9.02. The van der Waals surface area contributed by atoms with E-state index in [-0.39, 0.29) is 50.0 Å². The third-order valence-electron chi connectivity index (χ3n) is 6.02. The number of carbonyl (C=O) groups excluding carboxylic acids is 2. The normalized spacial score (nSPS) is 14.7. The zero-order valence-electron chi connectivity index (χ0n) is 18.8. The number of piperidine rings is 1. The highest BCUT2D eigenvalue weighted by Crippen LogP contribution is 2.33. The van der Waals surface area contributed by atoms with E-state index in [9.17, 15) is 14.9 Å². The van der Waals surface area contributed by atoms with Crippen LogP contribution in [0.15, 0.2) is 42.6 Å². The Bertz CT molecular complexity index is 1290. The van der Waals surface area contributed by atoms with Gasteiger partial charge in [0.1, 0.15) is 5.41 Å². The lowest BCUT2D eigenvalue weighted by Gasteiger charge is -2.35. The molecule has 1 aromatic carbocycles. The quantitative estimate of drug-likeness (QED) is 0.516. The molecule has 9 nitrogen and oxygen atoms in total. The Morgan fingerprint density at radius 2 is 2.03 bits per heavy atom. The molecule has 1 saturated heterocycles. The number of benzene rings is 1. The van der Waals surface area contributed by atoms with Crippen LogP contribution in [0.1, 0.15) is 28.9 Å². The van der Waals surface area contributed by atoms with Gasteiger partial charge in [-0.05, 0) is 36.6 Å². The zero-order valence-corrected chi connectivity index (χ0v) is 20.4. The molecule has 11 heteroatoms. The molecule has 0 spiro atoms. The van der Waals surface area contributed by atoms with Gasteiger partial charge in [-0.3, -0.25) is 14.7 Å². The van der Waals surface area contributed by atoms with Gasteiger partial charge in [0, 0.05) is 36.3 Å². The van der Waals surface area contributed by atoms with Crippen LogP contribution in [0.2, 0.25) is 10.0 Å². The minimum atomic E-state index is -1.20. The van der Waals surface area contributed by atoms with E-state index in [4.69, 9.17) is 27.9 Å². The summed E-state index contributed by atoms with van der Waals surface area (Å²) in [4.78, 5) is 31.6. The second kappa shape index (κ2) is 10.3. The predicted molar refractivity (Wildman–Crippen MR) is 130 cm³/mol. The molecular formula is C24H22Cl2N6O3. The molecule has 0 radical (unpaired) electrons. The maximum Gasteiger partial charge on any atom is 0.274 e. The van der Waals surface area contributed by atoms with Gasteiger partial charge in [0.15, 0.2) is 5.69 Å². The summed E-state index contributed by atoms with van der Waals surface area (Å²) in [7, 11) is 1.50. The third-order valence-corrected chi connectivity index (χ3v) is 6.56.